The number of piperazine rings is 1. The third-order valence-electron chi connectivity index (χ3n) is 4.97. The van der Waals surface area contributed by atoms with Crippen LogP contribution in [0.5, 0.6) is 5.75 Å². The van der Waals surface area contributed by atoms with Crippen LogP contribution in [0.15, 0.2) is 42.6 Å². The van der Waals surface area contributed by atoms with Gasteiger partial charge >= 0.3 is 5.97 Å². The van der Waals surface area contributed by atoms with Gasteiger partial charge in [0.25, 0.3) is 0 Å². The summed E-state index contributed by atoms with van der Waals surface area (Å²) in [6.07, 6.45) is 1.48. The van der Waals surface area contributed by atoms with Crippen LogP contribution in [0, 0.1) is 17.2 Å². The molecular weight excluding hydrogens is 386 g/mol. The van der Waals surface area contributed by atoms with Crippen LogP contribution in [0.2, 0.25) is 0 Å². The molecule has 3 rings (SSSR count). The van der Waals surface area contributed by atoms with Crippen LogP contribution in [0.3, 0.4) is 0 Å². The summed E-state index contributed by atoms with van der Waals surface area (Å²) < 4.78 is 0. The molecule has 1 aromatic heterocycles. The topological polar surface area (TPSA) is 130 Å². The summed E-state index contributed by atoms with van der Waals surface area (Å²) in [5.41, 5.74) is 0.930. The van der Waals surface area contributed by atoms with E-state index in [9.17, 15) is 25.1 Å². The number of aromatic hydroxyl groups is 1. The molecule has 0 bridgehead atoms. The standard InChI is InChI=1S/C21H23N5O4/c22-13-15-3-2-6-23-20(15)26-9-7-25(8-10-26)14-16(21(29)30)11-19(28)24-17-4-1-5-18(27)12-17/h1-6,12,16,27H,7-11,14H2,(H,24,28)(H,29,30)/t16-/m0/s1. The van der Waals surface area contributed by atoms with Gasteiger partial charge in [-0.15, -0.1) is 0 Å². The van der Waals surface area contributed by atoms with Gasteiger partial charge in [0, 0.05) is 57.1 Å². The molecule has 2 heterocycles. The Kier molecular flexibility index (Phi) is 6.83. The highest BCUT2D eigenvalue weighted by atomic mass is 16.4. The van der Waals surface area contributed by atoms with E-state index in [2.05, 4.69) is 16.4 Å². The summed E-state index contributed by atoms with van der Waals surface area (Å²) in [4.78, 5) is 32.3. The maximum Gasteiger partial charge on any atom is 0.308 e. The van der Waals surface area contributed by atoms with Crippen LogP contribution in [-0.2, 0) is 9.59 Å². The molecule has 1 fully saturated rings. The number of hydrogen-bond donors (Lipinski definition) is 3. The number of carboxylic acids is 1. The fourth-order valence-electron chi connectivity index (χ4n) is 3.44. The molecule has 9 heteroatoms. The fourth-order valence-corrected chi connectivity index (χ4v) is 3.44. The number of benzene rings is 1. The minimum Gasteiger partial charge on any atom is -0.508 e. The highest BCUT2D eigenvalue weighted by molar-refractivity contribution is 5.93. The molecule has 1 saturated heterocycles. The van der Waals surface area contributed by atoms with E-state index in [1.807, 2.05) is 9.80 Å². The van der Waals surface area contributed by atoms with E-state index in [1.54, 1.807) is 30.5 Å². The Morgan fingerprint density at radius 2 is 1.97 bits per heavy atom. The fraction of sp³-hybridized carbons (Fsp3) is 0.333. The minimum atomic E-state index is -1.03. The van der Waals surface area contributed by atoms with Gasteiger partial charge in [-0.2, -0.15) is 5.26 Å². The van der Waals surface area contributed by atoms with Gasteiger partial charge in [-0.25, -0.2) is 4.98 Å². The van der Waals surface area contributed by atoms with E-state index in [0.29, 0.717) is 43.2 Å². The van der Waals surface area contributed by atoms with Crippen molar-refractivity contribution in [2.75, 3.05) is 42.9 Å². The average Bonchev–Trinajstić information content (AvgIpc) is 2.73. The molecule has 9 nitrogen and oxygen atoms in total. The molecule has 1 amide bonds. The van der Waals surface area contributed by atoms with Crippen molar-refractivity contribution in [3.63, 3.8) is 0 Å². The number of amides is 1. The lowest BCUT2D eigenvalue weighted by atomic mass is 10.0. The highest BCUT2D eigenvalue weighted by Crippen LogP contribution is 2.20. The summed E-state index contributed by atoms with van der Waals surface area (Å²) in [5.74, 6) is -1.63. The molecule has 1 atom stereocenters. The number of phenols is 1. The number of nitrogens with zero attached hydrogens (tertiary/aromatic N) is 4. The first-order valence-electron chi connectivity index (χ1n) is 9.60. The van der Waals surface area contributed by atoms with Gasteiger partial charge in [-0.1, -0.05) is 6.07 Å². The van der Waals surface area contributed by atoms with E-state index >= 15 is 0 Å². The second kappa shape index (κ2) is 9.71. The SMILES string of the molecule is N#Cc1cccnc1N1CCN(C[C@H](CC(=O)Nc2cccc(O)c2)C(=O)O)CC1. The monoisotopic (exact) mass is 409 g/mol. The first-order chi connectivity index (χ1) is 14.5. The number of pyridine rings is 1. The van der Waals surface area contributed by atoms with Crippen LogP contribution in [0.4, 0.5) is 11.5 Å². The second-order valence-corrected chi connectivity index (χ2v) is 7.11. The number of hydrogen-bond acceptors (Lipinski definition) is 7. The zero-order chi connectivity index (χ0) is 21.5. The number of rotatable bonds is 7. The first kappa shape index (κ1) is 21.1. The Hall–Kier alpha value is -3.64. The van der Waals surface area contributed by atoms with E-state index in [0.717, 1.165) is 0 Å². The predicted octanol–water partition coefficient (Wildman–Crippen LogP) is 1.51. The molecule has 0 aliphatic carbocycles. The Bertz CT molecular complexity index is 950. The number of nitrogens with one attached hydrogen (secondary N) is 1. The zero-order valence-corrected chi connectivity index (χ0v) is 16.4. The van der Waals surface area contributed by atoms with Gasteiger partial charge in [-0.05, 0) is 24.3 Å². The van der Waals surface area contributed by atoms with Crippen LogP contribution in [0.1, 0.15) is 12.0 Å². The lowest BCUT2D eigenvalue weighted by Gasteiger charge is -2.36. The maximum atomic E-state index is 12.3. The van der Waals surface area contributed by atoms with Gasteiger partial charge < -0.3 is 20.4 Å². The molecular formula is C21H23N5O4. The molecule has 1 aliphatic heterocycles. The number of aliphatic carboxylic acids is 1. The van der Waals surface area contributed by atoms with Gasteiger partial charge in [0.05, 0.1) is 11.5 Å². The number of anilines is 2. The molecule has 1 aliphatic rings. The quantitative estimate of drug-likeness (QED) is 0.627. The summed E-state index contributed by atoms with van der Waals surface area (Å²) in [6, 6.07) is 11.7. The molecule has 0 spiro atoms. The normalized spacial score (nSPS) is 15.2. The van der Waals surface area contributed by atoms with E-state index in [1.165, 1.54) is 12.1 Å². The van der Waals surface area contributed by atoms with Crippen LogP contribution in [0.25, 0.3) is 0 Å². The number of carbonyl (C=O) groups excluding carboxylic acids is 1. The largest absolute Gasteiger partial charge is 0.508 e. The Balaban J connectivity index is 1.54. The lowest BCUT2D eigenvalue weighted by molar-refractivity contribution is -0.144. The van der Waals surface area contributed by atoms with Crippen molar-refractivity contribution in [3.8, 4) is 11.8 Å². The molecule has 0 radical (unpaired) electrons. The molecule has 0 saturated carbocycles. The van der Waals surface area contributed by atoms with Crippen molar-refractivity contribution in [3.05, 3.63) is 48.2 Å². The van der Waals surface area contributed by atoms with Crippen LogP contribution >= 0.6 is 0 Å². The number of nitriles is 1. The van der Waals surface area contributed by atoms with E-state index < -0.39 is 17.8 Å². The molecule has 0 unspecified atom stereocenters. The highest BCUT2D eigenvalue weighted by Gasteiger charge is 2.27. The summed E-state index contributed by atoms with van der Waals surface area (Å²) >= 11 is 0. The summed E-state index contributed by atoms with van der Waals surface area (Å²) in [5, 5.41) is 30.9. The molecule has 3 N–H and O–H groups in total. The lowest BCUT2D eigenvalue weighted by Crippen LogP contribution is -2.49. The van der Waals surface area contributed by atoms with E-state index in [4.69, 9.17) is 0 Å². The maximum absolute atomic E-state index is 12.3. The van der Waals surface area contributed by atoms with Gasteiger partial charge in [0.15, 0.2) is 0 Å². The van der Waals surface area contributed by atoms with Crippen LogP contribution < -0.4 is 10.2 Å². The smallest absolute Gasteiger partial charge is 0.308 e. The van der Waals surface area contributed by atoms with Gasteiger partial charge in [0.1, 0.15) is 17.6 Å². The predicted molar refractivity (Wildman–Crippen MR) is 110 cm³/mol. The number of phenolic OH excluding ortho intramolecular Hbond substituents is 1. The minimum absolute atomic E-state index is 0.0212. The third-order valence-corrected chi connectivity index (χ3v) is 4.97. The Labute approximate surface area is 174 Å². The number of carboxylic acid groups (broad SMARTS) is 1. The molecule has 156 valence electrons. The van der Waals surface area contributed by atoms with E-state index in [-0.39, 0.29) is 18.7 Å². The zero-order valence-electron chi connectivity index (χ0n) is 16.4. The van der Waals surface area contributed by atoms with Crippen molar-refractivity contribution in [2.24, 2.45) is 5.92 Å². The Morgan fingerprint density at radius 3 is 2.63 bits per heavy atom. The molecule has 30 heavy (non-hydrogen) atoms. The Morgan fingerprint density at radius 1 is 1.20 bits per heavy atom. The molecule has 1 aromatic carbocycles. The first-order valence-corrected chi connectivity index (χ1v) is 9.60. The number of carbonyl (C=O) groups is 2. The van der Waals surface area contributed by atoms with Crippen molar-refractivity contribution in [1.29, 1.82) is 5.26 Å². The van der Waals surface area contributed by atoms with Crippen molar-refractivity contribution in [1.82, 2.24) is 9.88 Å². The summed E-state index contributed by atoms with van der Waals surface area (Å²) in [7, 11) is 0. The third kappa shape index (κ3) is 5.46. The van der Waals surface area contributed by atoms with Crippen molar-refractivity contribution in [2.45, 2.75) is 6.42 Å². The second-order valence-electron chi connectivity index (χ2n) is 7.11. The van der Waals surface area contributed by atoms with Gasteiger partial charge in [-0.3, -0.25) is 14.5 Å². The average molecular weight is 409 g/mol. The van der Waals surface area contributed by atoms with Crippen LogP contribution in [-0.4, -0.2) is 64.7 Å². The van der Waals surface area contributed by atoms with Gasteiger partial charge in [0.2, 0.25) is 5.91 Å². The van der Waals surface area contributed by atoms with Crippen molar-refractivity contribution >= 4 is 23.4 Å². The number of aromatic nitrogens is 1. The van der Waals surface area contributed by atoms with Crippen molar-refractivity contribution < 1.29 is 19.8 Å². The summed E-state index contributed by atoms with van der Waals surface area (Å²) in [6.45, 7) is 2.71. The molecule has 2 aromatic rings.